The molecular formula is C19H22FN5O. The van der Waals surface area contributed by atoms with Crippen molar-refractivity contribution < 1.29 is 9.13 Å². The molecule has 3 aromatic rings. The number of morpholine rings is 1. The molecule has 1 aliphatic rings. The van der Waals surface area contributed by atoms with Gasteiger partial charge in [0, 0.05) is 49.5 Å². The molecule has 6 nitrogen and oxygen atoms in total. The second kappa shape index (κ2) is 7.39. The molecule has 1 saturated heterocycles. The maximum Gasteiger partial charge on any atom is 0.213 e. The molecular weight excluding hydrogens is 333 g/mol. The Kier molecular flexibility index (Phi) is 4.81. The second-order valence-corrected chi connectivity index (χ2v) is 6.54. The summed E-state index contributed by atoms with van der Waals surface area (Å²) in [6, 6.07) is 7.07. The third kappa shape index (κ3) is 3.54. The van der Waals surface area contributed by atoms with Crippen LogP contribution >= 0.6 is 0 Å². The molecule has 0 amide bonds. The topological polar surface area (TPSA) is 69.2 Å². The van der Waals surface area contributed by atoms with Crippen molar-refractivity contribution in [2.75, 3.05) is 38.6 Å². The fraction of sp³-hybridized carbons (Fsp3) is 0.368. The van der Waals surface area contributed by atoms with Crippen LogP contribution in [0.4, 0.5) is 10.1 Å². The summed E-state index contributed by atoms with van der Waals surface area (Å²) in [6.45, 7) is 5.44. The largest absolute Gasteiger partial charge is 0.398 e. The number of ether oxygens (including phenoxy) is 1. The van der Waals surface area contributed by atoms with Crippen molar-refractivity contribution in [3.8, 4) is 11.1 Å². The van der Waals surface area contributed by atoms with Gasteiger partial charge in [0.05, 0.1) is 24.9 Å². The number of pyridine rings is 1. The van der Waals surface area contributed by atoms with E-state index in [2.05, 4.69) is 15.0 Å². The van der Waals surface area contributed by atoms with E-state index in [0.29, 0.717) is 5.69 Å². The second-order valence-electron chi connectivity index (χ2n) is 6.54. The van der Waals surface area contributed by atoms with E-state index in [1.165, 1.54) is 12.3 Å². The zero-order chi connectivity index (χ0) is 17.9. The number of nitrogens with two attached hydrogens (primary N) is 1. The Balaban J connectivity index is 1.55. The van der Waals surface area contributed by atoms with Crippen molar-refractivity contribution in [3.05, 3.63) is 42.6 Å². The lowest BCUT2D eigenvalue weighted by Gasteiger charge is -2.26. The third-order valence-electron chi connectivity index (χ3n) is 4.80. The van der Waals surface area contributed by atoms with Crippen molar-refractivity contribution >= 4 is 16.6 Å². The fourth-order valence-electron chi connectivity index (χ4n) is 3.40. The normalized spacial score (nSPS) is 15.6. The predicted molar refractivity (Wildman–Crippen MR) is 99.2 cm³/mol. The highest BCUT2D eigenvalue weighted by Gasteiger charge is 2.12. The lowest BCUT2D eigenvalue weighted by atomic mass is 10.0. The van der Waals surface area contributed by atoms with Crippen LogP contribution in [0, 0.1) is 5.95 Å². The Morgan fingerprint density at radius 1 is 1.12 bits per heavy atom. The molecule has 1 aliphatic heterocycles. The highest BCUT2D eigenvalue weighted by atomic mass is 19.1. The summed E-state index contributed by atoms with van der Waals surface area (Å²) in [5.74, 6) is -0.500. The monoisotopic (exact) mass is 355 g/mol. The van der Waals surface area contributed by atoms with Gasteiger partial charge in [0.15, 0.2) is 0 Å². The number of hydrogen-bond donors (Lipinski definition) is 1. The summed E-state index contributed by atoms with van der Waals surface area (Å²) in [7, 11) is 0. The van der Waals surface area contributed by atoms with Crippen LogP contribution in [0.1, 0.15) is 6.42 Å². The standard InChI is InChI=1S/C19H22FN5O/c20-19-12-14(2-3-22-19)15-10-17(21)16-13-23-25(18(16)11-15)5-1-4-24-6-8-26-9-7-24/h2-3,10-13H,1,4-9,21H2. The van der Waals surface area contributed by atoms with Gasteiger partial charge in [0.25, 0.3) is 0 Å². The minimum Gasteiger partial charge on any atom is -0.398 e. The molecule has 0 aliphatic carbocycles. The first-order valence-electron chi connectivity index (χ1n) is 8.88. The molecule has 26 heavy (non-hydrogen) atoms. The smallest absolute Gasteiger partial charge is 0.213 e. The van der Waals surface area contributed by atoms with Gasteiger partial charge in [-0.15, -0.1) is 0 Å². The Hall–Kier alpha value is -2.51. The molecule has 2 aromatic heterocycles. The maximum atomic E-state index is 13.5. The van der Waals surface area contributed by atoms with Crippen LogP contribution in [-0.2, 0) is 11.3 Å². The van der Waals surface area contributed by atoms with E-state index >= 15 is 0 Å². The molecule has 0 bridgehead atoms. The van der Waals surface area contributed by atoms with Gasteiger partial charge in [-0.3, -0.25) is 9.58 Å². The van der Waals surface area contributed by atoms with Crippen molar-refractivity contribution in [3.63, 3.8) is 0 Å². The molecule has 0 saturated carbocycles. The summed E-state index contributed by atoms with van der Waals surface area (Å²) in [5.41, 5.74) is 9.45. The van der Waals surface area contributed by atoms with Gasteiger partial charge in [0.1, 0.15) is 0 Å². The number of nitrogens with zero attached hydrogens (tertiary/aromatic N) is 4. The minimum absolute atomic E-state index is 0.500. The number of aryl methyl sites for hydroxylation is 1. The Bertz CT molecular complexity index is 904. The molecule has 3 heterocycles. The van der Waals surface area contributed by atoms with E-state index in [4.69, 9.17) is 10.5 Å². The Morgan fingerprint density at radius 3 is 2.77 bits per heavy atom. The van der Waals surface area contributed by atoms with E-state index in [1.807, 2.05) is 16.8 Å². The first-order valence-corrected chi connectivity index (χ1v) is 8.88. The molecule has 2 N–H and O–H groups in total. The number of nitrogen functional groups attached to an aromatic ring is 1. The minimum atomic E-state index is -0.500. The van der Waals surface area contributed by atoms with Crippen LogP contribution in [0.3, 0.4) is 0 Å². The number of rotatable bonds is 5. The van der Waals surface area contributed by atoms with Crippen LogP contribution in [0.25, 0.3) is 22.0 Å². The molecule has 4 rings (SSSR count). The van der Waals surface area contributed by atoms with E-state index in [9.17, 15) is 4.39 Å². The molecule has 0 atom stereocenters. The quantitative estimate of drug-likeness (QED) is 0.563. The van der Waals surface area contributed by atoms with Crippen molar-refractivity contribution in [1.82, 2.24) is 19.7 Å². The van der Waals surface area contributed by atoms with E-state index in [0.717, 1.165) is 67.8 Å². The summed E-state index contributed by atoms with van der Waals surface area (Å²) in [4.78, 5) is 6.02. The Labute approximate surface area is 151 Å². The fourth-order valence-corrected chi connectivity index (χ4v) is 3.40. The lowest BCUT2D eigenvalue weighted by molar-refractivity contribution is 0.0368. The summed E-state index contributed by atoms with van der Waals surface area (Å²) in [6.07, 6.45) is 4.27. The molecule has 0 radical (unpaired) electrons. The highest BCUT2D eigenvalue weighted by molar-refractivity contribution is 5.94. The number of benzene rings is 1. The van der Waals surface area contributed by atoms with Gasteiger partial charge in [-0.25, -0.2) is 4.98 Å². The first kappa shape index (κ1) is 16.9. The first-order chi connectivity index (χ1) is 12.7. The molecule has 136 valence electrons. The number of fused-ring (bicyclic) bond motifs is 1. The van der Waals surface area contributed by atoms with Gasteiger partial charge >= 0.3 is 0 Å². The summed E-state index contributed by atoms with van der Waals surface area (Å²) >= 11 is 0. The van der Waals surface area contributed by atoms with Gasteiger partial charge in [-0.05, 0) is 35.7 Å². The number of halogens is 1. The lowest BCUT2D eigenvalue weighted by Crippen LogP contribution is -2.37. The van der Waals surface area contributed by atoms with Crippen LogP contribution in [0.5, 0.6) is 0 Å². The number of anilines is 1. The van der Waals surface area contributed by atoms with Crippen LogP contribution < -0.4 is 5.73 Å². The Morgan fingerprint density at radius 2 is 1.96 bits per heavy atom. The highest BCUT2D eigenvalue weighted by Crippen LogP contribution is 2.29. The van der Waals surface area contributed by atoms with Gasteiger partial charge in [0.2, 0.25) is 5.95 Å². The van der Waals surface area contributed by atoms with Gasteiger partial charge < -0.3 is 10.5 Å². The predicted octanol–water partition coefficient (Wildman–Crippen LogP) is 2.54. The van der Waals surface area contributed by atoms with Gasteiger partial charge in [-0.2, -0.15) is 9.49 Å². The van der Waals surface area contributed by atoms with E-state index in [1.54, 1.807) is 12.3 Å². The molecule has 7 heteroatoms. The molecule has 0 spiro atoms. The average molecular weight is 355 g/mol. The van der Waals surface area contributed by atoms with Crippen molar-refractivity contribution in [1.29, 1.82) is 0 Å². The summed E-state index contributed by atoms with van der Waals surface area (Å²) in [5, 5.41) is 5.42. The third-order valence-corrected chi connectivity index (χ3v) is 4.80. The zero-order valence-corrected chi connectivity index (χ0v) is 14.6. The maximum absolute atomic E-state index is 13.5. The van der Waals surface area contributed by atoms with Crippen LogP contribution in [0.2, 0.25) is 0 Å². The van der Waals surface area contributed by atoms with Crippen molar-refractivity contribution in [2.45, 2.75) is 13.0 Å². The zero-order valence-electron chi connectivity index (χ0n) is 14.6. The van der Waals surface area contributed by atoms with Crippen LogP contribution in [-0.4, -0.2) is 52.5 Å². The molecule has 1 fully saturated rings. The molecule has 1 aromatic carbocycles. The average Bonchev–Trinajstić information content (AvgIpc) is 3.06. The van der Waals surface area contributed by atoms with Crippen molar-refractivity contribution in [2.24, 2.45) is 0 Å². The van der Waals surface area contributed by atoms with E-state index < -0.39 is 5.95 Å². The molecule has 0 unspecified atom stereocenters. The van der Waals surface area contributed by atoms with E-state index in [-0.39, 0.29) is 0 Å². The number of hydrogen-bond acceptors (Lipinski definition) is 5. The van der Waals surface area contributed by atoms with Crippen LogP contribution in [0.15, 0.2) is 36.7 Å². The summed E-state index contributed by atoms with van der Waals surface area (Å²) < 4.78 is 20.8. The number of aromatic nitrogens is 3. The SMILES string of the molecule is Nc1cc(-c2ccnc(F)c2)cc2c1cnn2CCCN1CCOCC1. The van der Waals surface area contributed by atoms with Gasteiger partial charge in [-0.1, -0.05) is 0 Å².